The number of carboxylic acid groups (broad SMARTS) is 1. The summed E-state index contributed by atoms with van der Waals surface area (Å²) in [7, 11) is 0. The van der Waals surface area contributed by atoms with E-state index in [0.717, 1.165) is 30.6 Å². The Bertz CT molecular complexity index is 587. The number of aliphatic carboxylic acids is 1. The first-order valence-corrected chi connectivity index (χ1v) is 8.40. The Kier molecular flexibility index (Phi) is 7.21. The van der Waals surface area contributed by atoms with Crippen LogP contribution in [0.25, 0.3) is 0 Å². The maximum atomic E-state index is 12.2. The highest BCUT2D eigenvalue weighted by molar-refractivity contribution is 5.94. The van der Waals surface area contributed by atoms with Crippen LogP contribution in [0.4, 0.5) is 0 Å². The highest BCUT2D eigenvalue weighted by Crippen LogP contribution is 2.24. The van der Waals surface area contributed by atoms with Crippen molar-refractivity contribution < 1.29 is 28.9 Å². The van der Waals surface area contributed by atoms with Crippen LogP contribution in [0.1, 0.15) is 34.3 Å². The summed E-state index contributed by atoms with van der Waals surface area (Å²) in [5, 5.41) is 11.6. The number of amides is 1. The molecule has 7 heteroatoms. The van der Waals surface area contributed by atoms with Crippen LogP contribution in [0.2, 0.25) is 0 Å². The van der Waals surface area contributed by atoms with Crippen molar-refractivity contribution in [3.05, 3.63) is 28.8 Å². The second-order valence-corrected chi connectivity index (χ2v) is 6.09. The van der Waals surface area contributed by atoms with Gasteiger partial charge in [0.05, 0.1) is 12.7 Å². The molecule has 0 bridgehead atoms. The van der Waals surface area contributed by atoms with Crippen molar-refractivity contribution in [3.63, 3.8) is 0 Å². The van der Waals surface area contributed by atoms with E-state index >= 15 is 0 Å². The zero-order chi connectivity index (χ0) is 18.2. The van der Waals surface area contributed by atoms with E-state index in [1.807, 2.05) is 0 Å². The molecule has 1 aromatic carbocycles. The van der Waals surface area contributed by atoms with Crippen LogP contribution in [-0.2, 0) is 14.3 Å². The molecule has 0 spiro atoms. The number of rotatable bonds is 9. The third kappa shape index (κ3) is 6.03. The molecule has 0 radical (unpaired) electrons. The zero-order valence-electron chi connectivity index (χ0n) is 14.7. The molecule has 7 nitrogen and oxygen atoms in total. The van der Waals surface area contributed by atoms with Crippen LogP contribution in [0, 0.1) is 13.8 Å². The molecule has 1 fully saturated rings. The van der Waals surface area contributed by atoms with E-state index < -0.39 is 12.6 Å². The number of nitrogens with one attached hydrogen (secondary N) is 1. The average Bonchev–Trinajstić information content (AvgIpc) is 3.06. The van der Waals surface area contributed by atoms with Gasteiger partial charge in [-0.3, -0.25) is 4.79 Å². The molecule has 1 aliphatic rings. The lowest BCUT2D eigenvalue weighted by molar-refractivity contribution is -0.139. The third-order valence-corrected chi connectivity index (χ3v) is 3.91. The molecule has 0 aromatic heterocycles. The minimum atomic E-state index is -1.04. The van der Waals surface area contributed by atoms with Crippen LogP contribution >= 0.6 is 0 Å². The van der Waals surface area contributed by atoms with Gasteiger partial charge in [0.2, 0.25) is 0 Å². The number of benzene rings is 1. The van der Waals surface area contributed by atoms with Crippen LogP contribution in [0.5, 0.6) is 5.75 Å². The molecular formula is C18H25NO6. The highest BCUT2D eigenvalue weighted by Gasteiger charge is 2.16. The Balaban J connectivity index is 1.79. The van der Waals surface area contributed by atoms with Crippen molar-refractivity contribution in [2.24, 2.45) is 0 Å². The van der Waals surface area contributed by atoms with Gasteiger partial charge in [0.25, 0.3) is 5.91 Å². The zero-order valence-corrected chi connectivity index (χ0v) is 14.7. The topological polar surface area (TPSA) is 94.1 Å². The predicted molar refractivity (Wildman–Crippen MR) is 91.2 cm³/mol. The second-order valence-electron chi connectivity index (χ2n) is 6.09. The third-order valence-electron chi connectivity index (χ3n) is 3.91. The fourth-order valence-electron chi connectivity index (χ4n) is 2.71. The van der Waals surface area contributed by atoms with Crippen molar-refractivity contribution in [3.8, 4) is 5.75 Å². The smallest absolute Gasteiger partial charge is 0.341 e. The van der Waals surface area contributed by atoms with Crippen LogP contribution in [0.3, 0.4) is 0 Å². The minimum absolute atomic E-state index is 0.166. The summed E-state index contributed by atoms with van der Waals surface area (Å²) < 4.78 is 16.2. The number of carbonyl (C=O) groups is 2. The molecule has 1 aromatic rings. The van der Waals surface area contributed by atoms with Gasteiger partial charge in [-0.05, 0) is 49.9 Å². The first-order chi connectivity index (χ1) is 12.0. The average molecular weight is 351 g/mol. The summed E-state index contributed by atoms with van der Waals surface area (Å²) in [6, 6.07) is 3.40. The Morgan fingerprint density at radius 1 is 1.32 bits per heavy atom. The number of hydrogen-bond donors (Lipinski definition) is 2. The van der Waals surface area contributed by atoms with E-state index in [-0.39, 0.29) is 12.0 Å². The maximum Gasteiger partial charge on any atom is 0.341 e. The molecule has 138 valence electrons. The van der Waals surface area contributed by atoms with Crippen molar-refractivity contribution in [2.75, 3.05) is 33.0 Å². The Morgan fingerprint density at radius 3 is 2.64 bits per heavy atom. The van der Waals surface area contributed by atoms with Gasteiger partial charge in [0.15, 0.2) is 6.61 Å². The minimum Gasteiger partial charge on any atom is -0.481 e. The first kappa shape index (κ1) is 19.2. The van der Waals surface area contributed by atoms with E-state index in [1.165, 1.54) is 0 Å². The molecule has 1 aliphatic heterocycles. The summed E-state index contributed by atoms with van der Waals surface area (Å²) >= 11 is 0. The number of ether oxygens (including phenoxy) is 3. The summed E-state index contributed by atoms with van der Waals surface area (Å²) in [5.41, 5.74) is 2.00. The fraction of sp³-hybridized carbons (Fsp3) is 0.556. The number of carbonyl (C=O) groups excluding carboxylic acids is 1. The Morgan fingerprint density at radius 2 is 2.04 bits per heavy atom. The summed E-state index contributed by atoms with van der Waals surface area (Å²) in [4.78, 5) is 22.9. The quantitative estimate of drug-likeness (QED) is 0.658. The van der Waals surface area contributed by atoms with Gasteiger partial charge in [-0.15, -0.1) is 0 Å². The molecule has 1 amide bonds. The van der Waals surface area contributed by atoms with Crippen molar-refractivity contribution in [1.29, 1.82) is 0 Å². The van der Waals surface area contributed by atoms with Gasteiger partial charge in [0, 0.05) is 25.3 Å². The van der Waals surface area contributed by atoms with Crippen LogP contribution < -0.4 is 10.1 Å². The molecule has 1 saturated heterocycles. The lowest BCUT2D eigenvalue weighted by atomic mass is 10.1. The number of hydrogen-bond acceptors (Lipinski definition) is 5. The SMILES string of the molecule is Cc1cc(C(=O)NCCCOC2CCOC2)cc(C)c1OCC(=O)O. The largest absolute Gasteiger partial charge is 0.481 e. The lowest BCUT2D eigenvalue weighted by Gasteiger charge is -2.13. The maximum absolute atomic E-state index is 12.2. The Labute approximate surface area is 147 Å². The van der Waals surface area contributed by atoms with Gasteiger partial charge in [-0.25, -0.2) is 4.79 Å². The molecule has 1 heterocycles. The van der Waals surface area contributed by atoms with E-state index in [1.54, 1.807) is 26.0 Å². The predicted octanol–water partition coefficient (Wildman–Crippen LogP) is 1.69. The van der Waals surface area contributed by atoms with Gasteiger partial charge in [0.1, 0.15) is 5.75 Å². The van der Waals surface area contributed by atoms with Gasteiger partial charge >= 0.3 is 5.97 Å². The van der Waals surface area contributed by atoms with Gasteiger partial charge in [-0.1, -0.05) is 0 Å². The summed E-state index contributed by atoms with van der Waals surface area (Å²) in [6.45, 7) is 5.71. The molecular weight excluding hydrogens is 326 g/mol. The normalized spacial score (nSPS) is 16.6. The Hall–Kier alpha value is -2.12. The number of aryl methyl sites for hydroxylation is 2. The number of carboxylic acids is 1. The van der Waals surface area contributed by atoms with E-state index in [0.29, 0.717) is 31.1 Å². The molecule has 2 rings (SSSR count). The monoisotopic (exact) mass is 351 g/mol. The molecule has 0 saturated carbocycles. The second kappa shape index (κ2) is 9.39. The summed E-state index contributed by atoms with van der Waals surface area (Å²) in [5.74, 6) is -0.696. The molecule has 25 heavy (non-hydrogen) atoms. The molecule has 1 unspecified atom stereocenters. The van der Waals surface area contributed by atoms with Crippen molar-refractivity contribution in [1.82, 2.24) is 5.32 Å². The van der Waals surface area contributed by atoms with Gasteiger partial charge < -0.3 is 24.6 Å². The molecule has 1 atom stereocenters. The van der Waals surface area contributed by atoms with E-state index in [9.17, 15) is 9.59 Å². The van der Waals surface area contributed by atoms with Crippen LogP contribution in [-0.4, -0.2) is 56.1 Å². The van der Waals surface area contributed by atoms with Gasteiger partial charge in [-0.2, -0.15) is 0 Å². The van der Waals surface area contributed by atoms with E-state index in [2.05, 4.69) is 5.32 Å². The molecule has 0 aliphatic carbocycles. The first-order valence-electron chi connectivity index (χ1n) is 8.40. The summed E-state index contributed by atoms with van der Waals surface area (Å²) in [6.07, 6.45) is 1.85. The lowest BCUT2D eigenvalue weighted by Crippen LogP contribution is -2.26. The fourth-order valence-corrected chi connectivity index (χ4v) is 2.71. The van der Waals surface area contributed by atoms with E-state index in [4.69, 9.17) is 19.3 Å². The molecule has 2 N–H and O–H groups in total. The standard InChI is InChI=1S/C18H25NO6/c1-12-8-14(9-13(2)17(12)25-11-16(20)21)18(22)19-5-3-6-24-15-4-7-23-10-15/h8-9,15H,3-7,10-11H2,1-2H3,(H,19,22)(H,20,21). The highest BCUT2D eigenvalue weighted by atomic mass is 16.5. The van der Waals surface area contributed by atoms with Crippen molar-refractivity contribution >= 4 is 11.9 Å². The van der Waals surface area contributed by atoms with Crippen molar-refractivity contribution in [2.45, 2.75) is 32.8 Å². The van der Waals surface area contributed by atoms with Crippen LogP contribution in [0.15, 0.2) is 12.1 Å².